The number of halogens is 1. The molecule has 0 spiro atoms. The molecule has 0 aliphatic carbocycles. The van der Waals surface area contributed by atoms with E-state index in [1.807, 2.05) is 6.07 Å². The number of pyridine rings is 1. The van der Waals surface area contributed by atoms with Crippen molar-refractivity contribution in [1.82, 2.24) is 9.88 Å². The van der Waals surface area contributed by atoms with Crippen LogP contribution in [-0.2, 0) is 4.74 Å². The highest BCUT2D eigenvalue weighted by atomic mass is 19.1. The number of carbonyl (C=O) groups excluding carboxylic acids is 1. The summed E-state index contributed by atoms with van der Waals surface area (Å²) in [7, 11) is 1.57. The zero-order chi connectivity index (χ0) is 29.3. The normalized spacial score (nSPS) is 13.8. The summed E-state index contributed by atoms with van der Waals surface area (Å²) < 4.78 is 38.1. The molecule has 2 N–H and O–H groups in total. The van der Waals surface area contributed by atoms with Gasteiger partial charge in [-0.1, -0.05) is 18.2 Å². The van der Waals surface area contributed by atoms with Crippen molar-refractivity contribution in [2.75, 3.05) is 51.6 Å². The van der Waals surface area contributed by atoms with Crippen LogP contribution in [0.4, 0.5) is 14.9 Å². The fourth-order valence-corrected chi connectivity index (χ4v) is 4.53. The van der Waals surface area contributed by atoms with Gasteiger partial charge in [-0.3, -0.25) is 9.88 Å². The summed E-state index contributed by atoms with van der Waals surface area (Å²) >= 11 is 0. The molecule has 1 aliphatic rings. The van der Waals surface area contributed by atoms with E-state index in [0.29, 0.717) is 46.0 Å². The highest BCUT2D eigenvalue weighted by molar-refractivity contribution is 5.93. The summed E-state index contributed by atoms with van der Waals surface area (Å²) in [5.74, 6) is 0.905. The first kappa shape index (κ1) is 28.8. The maximum atomic E-state index is 15.1. The first-order valence-electron chi connectivity index (χ1n) is 13.6. The summed E-state index contributed by atoms with van der Waals surface area (Å²) in [4.78, 5) is 18.7. The molecule has 5 rings (SSSR count). The number of hydrogen-bond donors (Lipinski definition) is 1. The molecule has 11 heteroatoms. The third-order valence-corrected chi connectivity index (χ3v) is 6.67. The number of methoxy groups -OCH3 is 1. The lowest BCUT2D eigenvalue weighted by molar-refractivity contribution is 0.0357. The lowest BCUT2D eigenvalue weighted by Crippen LogP contribution is -2.37. The molecule has 1 aromatic heterocycles. The van der Waals surface area contributed by atoms with E-state index in [0.717, 1.165) is 44.3 Å². The van der Waals surface area contributed by atoms with Crippen LogP contribution in [0.25, 0.3) is 10.9 Å². The van der Waals surface area contributed by atoms with Gasteiger partial charge in [0.25, 0.3) is 0 Å². The molecule has 2 amide bonds. The van der Waals surface area contributed by atoms with Gasteiger partial charge >= 0.3 is 6.03 Å². The molecule has 2 heterocycles. The Hall–Kier alpha value is -4.74. The Kier molecular flexibility index (Phi) is 9.42. The van der Waals surface area contributed by atoms with Gasteiger partial charge in [0, 0.05) is 37.3 Å². The molecule has 0 bridgehead atoms. The van der Waals surface area contributed by atoms with Gasteiger partial charge in [-0.25, -0.2) is 9.18 Å². The van der Waals surface area contributed by atoms with Gasteiger partial charge in [0.05, 0.1) is 44.3 Å². The number of ether oxygens (including phenoxy) is 4. The van der Waals surface area contributed by atoms with Crippen molar-refractivity contribution in [1.29, 1.82) is 0 Å². The SMILES string of the molecule is COc1cc2c(Oc3ccc(/C=N/N(C(N)=O)c4ccccc4)cc3F)ccnc2cc1OCCCN1CCOCC1. The number of rotatable bonds is 11. The lowest BCUT2D eigenvalue weighted by atomic mass is 10.1. The number of fused-ring (bicyclic) bond motifs is 1. The Morgan fingerprint density at radius 2 is 1.88 bits per heavy atom. The molecule has 3 aromatic carbocycles. The predicted octanol–water partition coefficient (Wildman–Crippen LogP) is 5.20. The van der Waals surface area contributed by atoms with Crippen LogP contribution >= 0.6 is 0 Å². The number of morpholine rings is 1. The maximum absolute atomic E-state index is 15.1. The van der Waals surface area contributed by atoms with Crippen LogP contribution < -0.4 is 25.0 Å². The topological polar surface area (TPSA) is 112 Å². The quantitative estimate of drug-likeness (QED) is 0.149. The van der Waals surface area contributed by atoms with Crippen LogP contribution in [0.3, 0.4) is 0 Å². The molecular formula is C31H32FN5O5. The molecule has 0 unspecified atom stereocenters. The summed E-state index contributed by atoms with van der Waals surface area (Å²) in [6.45, 7) is 4.86. The zero-order valence-corrected chi connectivity index (χ0v) is 23.2. The Labute approximate surface area is 243 Å². The molecule has 1 saturated heterocycles. The minimum absolute atomic E-state index is 0.0110. The first-order valence-corrected chi connectivity index (χ1v) is 13.6. The zero-order valence-electron chi connectivity index (χ0n) is 23.2. The monoisotopic (exact) mass is 573 g/mol. The van der Waals surface area contributed by atoms with Gasteiger partial charge in [-0.15, -0.1) is 0 Å². The highest BCUT2D eigenvalue weighted by Crippen LogP contribution is 2.37. The average molecular weight is 574 g/mol. The van der Waals surface area contributed by atoms with E-state index >= 15 is 4.39 Å². The number of hydrogen-bond acceptors (Lipinski definition) is 8. The number of para-hydroxylation sites is 1. The number of primary amides is 1. The average Bonchev–Trinajstić information content (AvgIpc) is 3.01. The Balaban J connectivity index is 1.28. The first-order chi connectivity index (χ1) is 20.5. The number of nitrogens with zero attached hydrogens (tertiary/aromatic N) is 4. The minimum atomic E-state index is -0.764. The molecule has 218 valence electrons. The van der Waals surface area contributed by atoms with E-state index in [1.54, 1.807) is 61.8 Å². The van der Waals surface area contributed by atoms with Crippen molar-refractivity contribution in [3.05, 3.63) is 84.3 Å². The molecule has 0 radical (unpaired) electrons. The second kappa shape index (κ2) is 13.7. The second-order valence-electron chi connectivity index (χ2n) is 9.51. The van der Waals surface area contributed by atoms with Crippen molar-refractivity contribution in [3.63, 3.8) is 0 Å². The van der Waals surface area contributed by atoms with E-state index in [1.165, 1.54) is 18.3 Å². The third kappa shape index (κ3) is 7.12. The van der Waals surface area contributed by atoms with E-state index in [4.69, 9.17) is 24.7 Å². The molecule has 10 nitrogen and oxygen atoms in total. The van der Waals surface area contributed by atoms with Gasteiger partial charge in [0.2, 0.25) is 0 Å². The lowest BCUT2D eigenvalue weighted by Gasteiger charge is -2.26. The Bertz CT molecular complexity index is 1550. The number of benzene rings is 3. The molecule has 42 heavy (non-hydrogen) atoms. The van der Waals surface area contributed by atoms with Gasteiger partial charge in [-0.05, 0) is 54.4 Å². The Morgan fingerprint density at radius 1 is 1.07 bits per heavy atom. The van der Waals surface area contributed by atoms with Gasteiger partial charge in [0.15, 0.2) is 23.1 Å². The fraction of sp³-hybridized carbons (Fsp3) is 0.258. The standard InChI is InChI=1S/C31H32FN5O5/c1-39-29-19-24-26(20-30(29)41-15-5-12-36-13-16-40-17-14-36)34-11-10-27(24)42-28-9-8-22(18-25(28)32)21-35-37(31(33)38)23-6-3-2-4-7-23/h2-4,6-11,18-21H,5,12-17H2,1H3,(H2,33,38)/b35-21+. The third-order valence-electron chi connectivity index (χ3n) is 6.67. The van der Waals surface area contributed by atoms with Crippen LogP contribution in [-0.4, -0.2) is 68.7 Å². The van der Waals surface area contributed by atoms with Crippen molar-refractivity contribution >= 4 is 28.8 Å². The van der Waals surface area contributed by atoms with E-state index < -0.39 is 11.8 Å². The largest absolute Gasteiger partial charge is 0.493 e. The molecule has 0 saturated carbocycles. The summed E-state index contributed by atoms with van der Waals surface area (Å²) in [6.07, 6.45) is 3.80. The number of urea groups is 1. The van der Waals surface area contributed by atoms with E-state index in [9.17, 15) is 4.79 Å². The highest BCUT2D eigenvalue weighted by Gasteiger charge is 2.15. The number of nitrogens with two attached hydrogens (primary N) is 1. The molecule has 1 aliphatic heterocycles. The van der Waals surface area contributed by atoms with Gasteiger partial charge < -0.3 is 24.7 Å². The Morgan fingerprint density at radius 3 is 2.62 bits per heavy atom. The molecule has 1 fully saturated rings. The van der Waals surface area contributed by atoms with Crippen LogP contribution in [0.2, 0.25) is 0 Å². The van der Waals surface area contributed by atoms with E-state index in [2.05, 4.69) is 15.0 Å². The van der Waals surface area contributed by atoms with Crippen molar-refractivity contribution in [2.45, 2.75) is 6.42 Å². The van der Waals surface area contributed by atoms with Gasteiger partial charge in [-0.2, -0.15) is 10.1 Å². The molecule has 0 atom stereocenters. The molecular weight excluding hydrogens is 541 g/mol. The van der Waals surface area contributed by atoms with Crippen LogP contribution in [0, 0.1) is 5.82 Å². The molecule has 4 aromatic rings. The van der Waals surface area contributed by atoms with Crippen LogP contribution in [0.15, 0.2) is 78.0 Å². The number of hydrazone groups is 1. The van der Waals surface area contributed by atoms with Crippen molar-refractivity contribution in [3.8, 4) is 23.0 Å². The summed E-state index contributed by atoms with van der Waals surface area (Å²) in [5.41, 5.74) is 6.98. The number of anilines is 1. The number of aromatic nitrogens is 1. The van der Waals surface area contributed by atoms with Crippen LogP contribution in [0.1, 0.15) is 12.0 Å². The fourth-order valence-electron chi connectivity index (χ4n) is 4.53. The van der Waals surface area contributed by atoms with Crippen molar-refractivity contribution < 1.29 is 28.1 Å². The minimum Gasteiger partial charge on any atom is -0.493 e. The number of amides is 2. The predicted molar refractivity (Wildman–Crippen MR) is 158 cm³/mol. The second-order valence-corrected chi connectivity index (χ2v) is 9.51. The van der Waals surface area contributed by atoms with Gasteiger partial charge in [0.1, 0.15) is 5.75 Å². The summed E-state index contributed by atoms with van der Waals surface area (Å²) in [6, 6.07) is 17.5. The smallest absolute Gasteiger partial charge is 0.340 e. The summed E-state index contributed by atoms with van der Waals surface area (Å²) in [5, 5.41) is 5.79. The van der Waals surface area contributed by atoms with Crippen molar-refractivity contribution in [2.24, 2.45) is 10.8 Å². The number of carbonyl (C=O) groups is 1. The van der Waals surface area contributed by atoms with Crippen LogP contribution in [0.5, 0.6) is 23.0 Å². The van der Waals surface area contributed by atoms with E-state index in [-0.39, 0.29) is 5.75 Å². The maximum Gasteiger partial charge on any atom is 0.340 e.